The molecule has 2 heterocycles. The number of carbonyl (C=O) groups excluding carboxylic acids is 2. The monoisotopic (exact) mass is 393 g/mol. The first-order valence-corrected chi connectivity index (χ1v) is 9.45. The van der Waals surface area contributed by atoms with Crippen LogP contribution in [0.1, 0.15) is 25.6 Å². The molecule has 0 aliphatic carbocycles. The van der Waals surface area contributed by atoms with Crippen LogP contribution in [0.3, 0.4) is 0 Å². The van der Waals surface area contributed by atoms with Crippen molar-refractivity contribution in [2.24, 2.45) is 0 Å². The summed E-state index contributed by atoms with van der Waals surface area (Å²) >= 11 is 1.39. The van der Waals surface area contributed by atoms with Crippen molar-refractivity contribution in [3.05, 3.63) is 86.1 Å². The van der Waals surface area contributed by atoms with Gasteiger partial charge < -0.3 is 10.2 Å². The molecule has 28 heavy (non-hydrogen) atoms. The molecule has 0 saturated carbocycles. The number of hydrogen-bond acceptors (Lipinski definition) is 5. The first-order valence-electron chi connectivity index (χ1n) is 8.57. The lowest BCUT2D eigenvalue weighted by Gasteiger charge is -2.17. The van der Waals surface area contributed by atoms with E-state index in [0.29, 0.717) is 17.1 Å². The van der Waals surface area contributed by atoms with Gasteiger partial charge in [-0.2, -0.15) is 0 Å². The molecule has 0 saturated heterocycles. The fourth-order valence-corrected chi connectivity index (χ4v) is 3.84. The van der Waals surface area contributed by atoms with Gasteiger partial charge in [-0.3, -0.25) is 19.7 Å². The maximum absolute atomic E-state index is 12.7. The first-order chi connectivity index (χ1) is 13.5. The van der Waals surface area contributed by atoms with Gasteiger partial charge in [0.15, 0.2) is 0 Å². The Morgan fingerprint density at radius 3 is 2.71 bits per heavy atom. The SMILES string of the molecule is O=C(Nc1ccc2c(c1)N(C(=O)c1cccs1)CC2)c1cccc([N+](=O)[O-])c1. The Balaban J connectivity index is 1.57. The molecule has 0 fully saturated rings. The maximum Gasteiger partial charge on any atom is 0.270 e. The van der Waals surface area contributed by atoms with Crippen LogP contribution in [0.15, 0.2) is 60.0 Å². The lowest BCUT2D eigenvalue weighted by atomic mass is 10.1. The second-order valence-corrected chi connectivity index (χ2v) is 7.24. The van der Waals surface area contributed by atoms with Crippen molar-refractivity contribution in [1.82, 2.24) is 0 Å². The molecule has 0 radical (unpaired) electrons. The van der Waals surface area contributed by atoms with E-state index in [1.165, 1.54) is 35.6 Å². The minimum atomic E-state index is -0.541. The number of rotatable bonds is 4. The summed E-state index contributed by atoms with van der Waals surface area (Å²) in [6.07, 6.45) is 0.756. The summed E-state index contributed by atoms with van der Waals surface area (Å²) in [5, 5.41) is 15.5. The third-order valence-corrected chi connectivity index (χ3v) is 5.39. The Bertz CT molecular complexity index is 1080. The molecule has 7 nitrogen and oxygen atoms in total. The standard InChI is InChI=1S/C20H15N3O4S/c24-19(14-3-1-4-16(11-14)23(26)27)21-15-7-6-13-8-9-22(17(13)12-15)20(25)18-5-2-10-28-18/h1-7,10-12H,8-9H2,(H,21,24). The molecule has 2 amide bonds. The molecular formula is C20H15N3O4S. The van der Waals surface area contributed by atoms with Crippen molar-refractivity contribution in [2.75, 3.05) is 16.8 Å². The summed E-state index contributed by atoms with van der Waals surface area (Å²) in [6, 6.07) is 14.6. The summed E-state index contributed by atoms with van der Waals surface area (Å²) in [5.74, 6) is -0.506. The Labute approximate surface area is 164 Å². The Hall–Kier alpha value is -3.52. The summed E-state index contributed by atoms with van der Waals surface area (Å²) in [6.45, 7) is 0.592. The van der Waals surface area contributed by atoms with Crippen LogP contribution in [0.4, 0.5) is 17.1 Å². The summed E-state index contributed by atoms with van der Waals surface area (Å²) in [4.78, 5) is 37.9. The van der Waals surface area contributed by atoms with Crippen LogP contribution in [0.25, 0.3) is 0 Å². The predicted octanol–water partition coefficient (Wildman–Crippen LogP) is 4.11. The highest BCUT2D eigenvalue weighted by atomic mass is 32.1. The van der Waals surface area contributed by atoms with Crippen LogP contribution < -0.4 is 10.2 Å². The van der Waals surface area contributed by atoms with E-state index in [-0.39, 0.29) is 17.2 Å². The minimum Gasteiger partial charge on any atom is -0.322 e. The molecule has 8 heteroatoms. The number of non-ortho nitro benzene ring substituents is 1. The van der Waals surface area contributed by atoms with Gasteiger partial charge in [0, 0.05) is 35.6 Å². The fraction of sp³-hybridized carbons (Fsp3) is 0.100. The number of nitro benzene ring substituents is 1. The fourth-order valence-electron chi connectivity index (χ4n) is 3.17. The minimum absolute atomic E-state index is 0.0593. The lowest BCUT2D eigenvalue weighted by molar-refractivity contribution is -0.384. The Morgan fingerprint density at radius 2 is 1.96 bits per heavy atom. The topological polar surface area (TPSA) is 92.6 Å². The van der Waals surface area contributed by atoms with Crippen LogP contribution in [0.2, 0.25) is 0 Å². The van der Waals surface area contributed by atoms with Crippen molar-refractivity contribution in [3.63, 3.8) is 0 Å². The second kappa shape index (κ2) is 7.24. The normalized spacial score (nSPS) is 12.5. The lowest BCUT2D eigenvalue weighted by Crippen LogP contribution is -2.28. The van der Waals surface area contributed by atoms with E-state index in [2.05, 4.69) is 5.32 Å². The van der Waals surface area contributed by atoms with Crippen LogP contribution in [-0.4, -0.2) is 23.3 Å². The molecule has 4 rings (SSSR count). The average molecular weight is 393 g/mol. The molecule has 0 spiro atoms. The highest BCUT2D eigenvalue weighted by Crippen LogP contribution is 2.32. The quantitative estimate of drug-likeness (QED) is 0.533. The van der Waals surface area contributed by atoms with Crippen LogP contribution >= 0.6 is 11.3 Å². The van der Waals surface area contributed by atoms with Crippen molar-refractivity contribution < 1.29 is 14.5 Å². The van der Waals surface area contributed by atoms with Crippen LogP contribution in [0, 0.1) is 10.1 Å². The van der Waals surface area contributed by atoms with E-state index >= 15 is 0 Å². The zero-order valence-corrected chi connectivity index (χ0v) is 15.4. The van der Waals surface area contributed by atoms with Gasteiger partial charge >= 0.3 is 0 Å². The molecule has 0 atom stereocenters. The number of carbonyl (C=O) groups is 2. The molecule has 2 aromatic carbocycles. The summed E-state index contributed by atoms with van der Waals surface area (Å²) < 4.78 is 0. The molecule has 1 aromatic heterocycles. The number of benzene rings is 2. The predicted molar refractivity (Wildman–Crippen MR) is 107 cm³/mol. The third-order valence-electron chi connectivity index (χ3n) is 4.53. The van der Waals surface area contributed by atoms with Crippen LogP contribution in [-0.2, 0) is 6.42 Å². The summed E-state index contributed by atoms with van der Waals surface area (Å²) in [7, 11) is 0. The van der Waals surface area contributed by atoms with Gasteiger partial charge in [-0.15, -0.1) is 11.3 Å². The van der Waals surface area contributed by atoms with Gasteiger partial charge in [-0.25, -0.2) is 0 Å². The molecule has 1 N–H and O–H groups in total. The van der Waals surface area contributed by atoms with E-state index < -0.39 is 10.8 Å². The largest absolute Gasteiger partial charge is 0.322 e. The number of anilines is 2. The van der Waals surface area contributed by atoms with Crippen LogP contribution in [0.5, 0.6) is 0 Å². The molecule has 1 aliphatic rings. The highest BCUT2D eigenvalue weighted by Gasteiger charge is 2.26. The van der Waals surface area contributed by atoms with E-state index in [1.54, 1.807) is 23.1 Å². The third kappa shape index (κ3) is 3.37. The van der Waals surface area contributed by atoms with E-state index in [9.17, 15) is 19.7 Å². The van der Waals surface area contributed by atoms with E-state index in [1.807, 2.05) is 17.5 Å². The van der Waals surface area contributed by atoms with Crippen molar-refractivity contribution >= 4 is 40.2 Å². The molecule has 1 aliphatic heterocycles. The van der Waals surface area contributed by atoms with Gasteiger partial charge in [0.1, 0.15) is 0 Å². The number of fused-ring (bicyclic) bond motifs is 1. The summed E-state index contributed by atoms with van der Waals surface area (Å²) in [5.41, 5.74) is 2.39. The number of nitro groups is 1. The van der Waals surface area contributed by atoms with Crippen molar-refractivity contribution in [1.29, 1.82) is 0 Å². The van der Waals surface area contributed by atoms with Gasteiger partial charge in [0.2, 0.25) is 0 Å². The second-order valence-electron chi connectivity index (χ2n) is 6.29. The van der Waals surface area contributed by atoms with Gasteiger partial charge in [0.25, 0.3) is 17.5 Å². The maximum atomic E-state index is 12.7. The van der Waals surface area contributed by atoms with E-state index in [0.717, 1.165) is 17.7 Å². The smallest absolute Gasteiger partial charge is 0.270 e. The molecule has 3 aromatic rings. The molecule has 140 valence electrons. The first kappa shape index (κ1) is 17.9. The Morgan fingerprint density at radius 1 is 1.11 bits per heavy atom. The van der Waals surface area contributed by atoms with Gasteiger partial charge in [-0.1, -0.05) is 18.2 Å². The number of amides is 2. The number of hydrogen-bond donors (Lipinski definition) is 1. The number of nitrogens with one attached hydrogen (secondary N) is 1. The van der Waals surface area contributed by atoms with Crippen molar-refractivity contribution in [2.45, 2.75) is 6.42 Å². The molecule has 0 bridgehead atoms. The van der Waals surface area contributed by atoms with Gasteiger partial charge in [-0.05, 0) is 41.6 Å². The number of thiophene rings is 1. The van der Waals surface area contributed by atoms with Crippen molar-refractivity contribution in [3.8, 4) is 0 Å². The zero-order chi connectivity index (χ0) is 19.7. The van der Waals surface area contributed by atoms with Gasteiger partial charge in [0.05, 0.1) is 9.80 Å². The number of nitrogens with zero attached hydrogens (tertiary/aromatic N) is 2. The molecular weight excluding hydrogens is 378 g/mol. The van der Waals surface area contributed by atoms with E-state index in [4.69, 9.17) is 0 Å². The highest BCUT2D eigenvalue weighted by molar-refractivity contribution is 7.12. The average Bonchev–Trinajstić information content (AvgIpc) is 3.37. The molecule has 0 unspecified atom stereocenters. The zero-order valence-electron chi connectivity index (χ0n) is 14.6. The Kier molecular flexibility index (Phi) is 4.62.